The third kappa shape index (κ3) is 4.56. The summed E-state index contributed by atoms with van der Waals surface area (Å²) in [6.45, 7) is -0.412. The summed E-state index contributed by atoms with van der Waals surface area (Å²) in [5.41, 5.74) is 0.533. The van der Waals surface area contributed by atoms with Crippen LogP contribution in [0.25, 0.3) is 0 Å². The molecule has 4 nitrogen and oxygen atoms in total. The van der Waals surface area contributed by atoms with Crippen molar-refractivity contribution < 1.29 is 27.2 Å². The van der Waals surface area contributed by atoms with E-state index in [9.17, 15) is 22.4 Å². The smallest absolute Gasteiger partial charge is 0.267 e. The van der Waals surface area contributed by atoms with Gasteiger partial charge in [0.25, 0.3) is 5.91 Å². The Balaban J connectivity index is 1.99. The molecule has 10 heteroatoms. The summed E-state index contributed by atoms with van der Waals surface area (Å²) >= 11 is 11.3. The standard InChI is InChI=1S/C14H8Cl2F4N2O2/c15-8-1-2-11(17)9(4-8)13(23)22-24-6-12-10(16)3-7(5-21-12)14(18,19)20/h1-5H,6H2,(H,22,23). The number of nitrogens with one attached hydrogen (secondary N) is 1. The first kappa shape index (κ1) is 18.4. The lowest BCUT2D eigenvalue weighted by Crippen LogP contribution is -2.25. The molecule has 0 saturated heterocycles. The quantitative estimate of drug-likeness (QED) is 0.629. The number of hydrogen-bond donors (Lipinski definition) is 1. The predicted molar refractivity (Wildman–Crippen MR) is 77.9 cm³/mol. The van der Waals surface area contributed by atoms with E-state index in [-0.39, 0.29) is 21.3 Å². The van der Waals surface area contributed by atoms with Gasteiger partial charge in [-0.25, -0.2) is 9.87 Å². The highest BCUT2D eigenvalue weighted by Crippen LogP contribution is 2.31. The molecule has 24 heavy (non-hydrogen) atoms. The summed E-state index contributed by atoms with van der Waals surface area (Å²) in [6, 6.07) is 4.05. The van der Waals surface area contributed by atoms with Crippen LogP contribution in [0.2, 0.25) is 10.0 Å². The summed E-state index contributed by atoms with van der Waals surface area (Å²) in [5, 5.41) is -0.137. The zero-order valence-corrected chi connectivity index (χ0v) is 13.1. The van der Waals surface area contributed by atoms with E-state index in [4.69, 9.17) is 28.0 Å². The van der Waals surface area contributed by atoms with E-state index < -0.39 is 30.1 Å². The Morgan fingerprint density at radius 3 is 2.58 bits per heavy atom. The Kier molecular flexibility index (Phi) is 5.63. The molecule has 1 N–H and O–H groups in total. The van der Waals surface area contributed by atoms with Gasteiger partial charge in [-0.15, -0.1) is 0 Å². The van der Waals surface area contributed by atoms with E-state index in [1.807, 2.05) is 5.48 Å². The van der Waals surface area contributed by atoms with Crippen molar-refractivity contribution in [3.05, 3.63) is 63.1 Å². The minimum atomic E-state index is -4.58. The molecular formula is C14H8Cl2F4N2O2. The maximum atomic E-state index is 13.5. The molecule has 0 aliphatic heterocycles. The first-order valence-corrected chi connectivity index (χ1v) is 7.03. The molecular weight excluding hydrogens is 375 g/mol. The van der Waals surface area contributed by atoms with E-state index in [1.54, 1.807) is 0 Å². The fourth-order valence-corrected chi connectivity index (χ4v) is 2.02. The molecule has 0 aliphatic carbocycles. The number of nitrogens with zero attached hydrogens (tertiary/aromatic N) is 1. The second kappa shape index (κ2) is 7.33. The second-order valence-corrected chi connectivity index (χ2v) is 5.34. The van der Waals surface area contributed by atoms with Gasteiger partial charge in [0, 0.05) is 11.2 Å². The van der Waals surface area contributed by atoms with Crippen molar-refractivity contribution in [2.24, 2.45) is 0 Å². The zero-order chi connectivity index (χ0) is 17.9. The van der Waals surface area contributed by atoms with Crippen LogP contribution in [0.5, 0.6) is 0 Å². The zero-order valence-electron chi connectivity index (χ0n) is 11.6. The van der Waals surface area contributed by atoms with Crippen LogP contribution in [-0.2, 0) is 17.6 Å². The second-order valence-electron chi connectivity index (χ2n) is 4.49. The molecule has 2 aromatic rings. The third-order valence-corrected chi connectivity index (χ3v) is 3.35. The number of hydroxylamine groups is 1. The number of hydrogen-bond acceptors (Lipinski definition) is 3. The first-order chi connectivity index (χ1) is 11.2. The van der Waals surface area contributed by atoms with Crippen LogP contribution >= 0.6 is 23.2 Å². The predicted octanol–water partition coefficient (Wildman–Crippen LogP) is 4.41. The number of carbonyl (C=O) groups excluding carboxylic acids is 1. The molecule has 0 atom stereocenters. The van der Waals surface area contributed by atoms with Gasteiger partial charge in [0.05, 0.1) is 21.8 Å². The first-order valence-electron chi connectivity index (χ1n) is 6.27. The monoisotopic (exact) mass is 382 g/mol. The Morgan fingerprint density at radius 1 is 1.25 bits per heavy atom. The van der Waals surface area contributed by atoms with Gasteiger partial charge in [-0.3, -0.25) is 14.6 Å². The lowest BCUT2D eigenvalue weighted by atomic mass is 10.2. The summed E-state index contributed by atoms with van der Waals surface area (Å²) in [4.78, 5) is 20.1. The van der Waals surface area contributed by atoms with E-state index >= 15 is 0 Å². The third-order valence-electron chi connectivity index (χ3n) is 2.79. The molecule has 128 valence electrons. The summed E-state index contributed by atoms with van der Waals surface area (Å²) in [7, 11) is 0. The maximum absolute atomic E-state index is 13.5. The number of amides is 1. The van der Waals surface area contributed by atoms with Crippen LogP contribution in [0, 0.1) is 5.82 Å². The Labute approximate surface area is 143 Å². The minimum absolute atomic E-state index is 0.0310. The maximum Gasteiger partial charge on any atom is 0.417 e. The van der Waals surface area contributed by atoms with Gasteiger partial charge in [-0.05, 0) is 24.3 Å². The lowest BCUT2D eigenvalue weighted by Gasteiger charge is -2.10. The molecule has 1 aromatic carbocycles. The van der Waals surface area contributed by atoms with Gasteiger partial charge >= 0.3 is 6.18 Å². The number of pyridine rings is 1. The molecule has 0 spiro atoms. The Bertz CT molecular complexity index is 769. The van der Waals surface area contributed by atoms with Gasteiger partial charge < -0.3 is 0 Å². The highest BCUT2D eigenvalue weighted by molar-refractivity contribution is 6.31. The van der Waals surface area contributed by atoms with Crippen molar-refractivity contribution in [2.75, 3.05) is 0 Å². The summed E-state index contributed by atoms with van der Waals surface area (Å²) in [6.07, 6.45) is -3.99. The van der Waals surface area contributed by atoms with Crippen molar-refractivity contribution in [2.45, 2.75) is 12.8 Å². The lowest BCUT2D eigenvalue weighted by molar-refractivity contribution is -0.137. The van der Waals surface area contributed by atoms with Gasteiger partial charge in [-0.2, -0.15) is 13.2 Å². The number of rotatable bonds is 4. The Morgan fingerprint density at radius 2 is 1.96 bits per heavy atom. The highest BCUT2D eigenvalue weighted by atomic mass is 35.5. The molecule has 0 fully saturated rings. The average molecular weight is 383 g/mol. The molecule has 0 radical (unpaired) electrons. The van der Waals surface area contributed by atoms with Crippen LogP contribution in [0.15, 0.2) is 30.5 Å². The summed E-state index contributed by atoms with van der Waals surface area (Å²) in [5.74, 6) is -1.73. The normalized spacial score (nSPS) is 11.4. The molecule has 2 rings (SSSR count). The SMILES string of the molecule is O=C(NOCc1ncc(C(F)(F)F)cc1Cl)c1cc(Cl)ccc1F. The van der Waals surface area contributed by atoms with Crippen LogP contribution in [-0.4, -0.2) is 10.9 Å². The number of halogens is 6. The van der Waals surface area contributed by atoms with Crippen LogP contribution in [0.1, 0.15) is 21.6 Å². The molecule has 0 saturated carbocycles. The van der Waals surface area contributed by atoms with Crippen molar-refractivity contribution in [1.82, 2.24) is 10.5 Å². The fourth-order valence-electron chi connectivity index (χ4n) is 1.62. The molecule has 1 amide bonds. The van der Waals surface area contributed by atoms with E-state index in [1.165, 1.54) is 6.07 Å². The van der Waals surface area contributed by atoms with Crippen LogP contribution in [0.4, 0.5) is 17.6 Å². The molecule has 0 aliphatic rings. The molecule has 1 heterocycles. The molecule has 0 bridgehead atoms. The Hall–Kier alpha value is -1.90. The van der Waals surface area contributed by atoms with Crippen molar-refractivity contribution in [3.63, 3.8) is 0 Å². The molecule has 0 unspecified atom stereocenters. The van der Waals surface area contributed by atoms with E-state index in [0.29, 0.717) is 12.3 Å². The van der Waals surface area contributed by atoms with Gasteiger partial charge in [0.2, 0.25) is 0 Å². The van der Waals surface area contributed by atoms with Crippen LogP contribution in [0.3, 0.4) is 0 Å². The number of alkyl halides is 3. The number of benzene rings is 1. The van der Waals surface area contributed by atoms with Gasteiger partial charge in [0.15, 0.2) is 0 Å². The van der Waals surface area contributed by atoms with Crippen molar-refractivity contribution >= 4 is 29.1 Å². The molecule has 1 aromatic heterocycles. The van der Waals surface area contributed by atoms with Crippen molar-refractivity contribution in [3.8, 4) is 0 Å². The largest absolute Gasteiger partial charge is 0.417 e. The van der Waals surface area contributed by atoms with E-state index in [2.05, 4.69) is 4.98 Å². The summed E-state index contributed by atoms with van der Waals surface area (Å²) < 4.78 is 50.9. The topological polar surface area (TPSA) is 51.2 Å². The van der Waals surface area contributed by atoms with Crippen molar-refractivity contribution in [1.29, 1.82) is 0 Å². The average Bonchev–Trinajstić information content (AvgIpc) is 2.50. The van der Waals surface area contributed by atoms with Gasteiger partial charge in [-0.1, -0.05) is 23.2 Å². The fraction of sp³-hybridized carbons (Fsp3) is 0.143. The van der Waals surface area contributed by atoms with E-state index in [0.717, 1.165) is 12.1 Å². The number of aromatic nitrogens is 1. The number of carbonyl (C=O) groups is 1. The van der Waals surface area contributed by atoms with Gasteiger partial charge in [0.1, 0.15) is 12.4 Å². The van der Waals surface area contributed by atoms with Crippen LogP contribution < -0.4 is 5.48 Å². The minimum Gasteiger partial charge on any atom is -0.267 e. The highest BCUT2D eigenvalue weighted by Gasteiger charge is 2.31.